The summed E-state index contributed by atoms with van der Waals surface area (Å²) in [5.41, 5.74) is 0.481. The lowest BCUT2D eigenvalue weighted by Gasteiger charge is -2.52. The number of hydrogen-bond donors (Lipinski definition) is 1. The average molecular weight is 595 g/mol. The SMILES string of the molecule is CCC(C)(C)S(=O)(=O)CC(C1CC1)N1C(=O)[C@@](C)(CC(=O)O)C[C@H](c2cccc(Cl)c2)[C@H]1c1ccc(Cl)cc1. The molecule has 2 aliphatic rings. The Morgan fingerprint density at radius 1 is 1.10 bits per heavy atom. The van der Waals surface area contributed by atoms with Crippen molar-refractivity contribution in [1.29, 1.82) is 0 Å². The molecule has 4 atom stereocenters. The van der Waals surface area contributed by atoms with E-state index in [1.807, 2.05) is 37.3 Å². The Balaban J connectivity index is 1.93. The van der Waals surface area contributed by atoms with Gasteiger partial charge in [-0.25, -0.2) is 8.42 Å². The van der Waals surface area contributed by atoms with Crippen molar-refractivity contribution in [1.82, 2.24) is 4.90 Å². The summed E-state index contributed by atoms with van der Waals surface area (Å²) in [5.74, 6) is -1.83. The molecule has 0 spiro atoms. The quantitative estimate of drug-likeness (QED) is 0.323. The van der Waals surface area contributed by atoms with Gasteiger partial charge in [-0.1, -0.05) is 61.3 Å². The number of nitrogens with zero attached hydrogens (tertiary/aromatic N) is 1. The molecule has 2 aromatic carbocycles. The monoisotopic (exact) mass is 593 g/mol. The van der Waals surface area contributed by atoms with Crippen LogP contribution in [-0.4, -0.2) is 46.8 Å². The van der Waals surface area contributed by atoms with E-state index >= 15 is 0 Å². The normalized spacial score (nSPS) is 25.0. The number of carbonyl (C=O) groups is 2. The van der Waals surface area contributed by atoms with Crippen molar-refractivity contribution in [2.24, 2.45) is 11.3 Å². The van der Waals surface area contributed by atoms with E-state index in [1.165, 1.54) is 0 Å². The van der Waals surface area contributed by atoms with Crippen LogP contribution in [0.15, 0.2) is 48.5 Å². The number of sulfone groups is 1. The van der Waals surface area contributed by atoms with Crippen LogP contribution in [0, 0.1) is 11.3 Å². The summed E-state index contributed by atoms with van der Waals surface area (Å²) >= 11 is 12.6. The highest BCUT2D eigenvalue weighted by Gasteiger charge is 2.55. The van der Waals surface area contributed by atoms with Gasteiger partial charge in [0.25, 0.3) is 0 Å². The standard InChI is InChI=1S/C30H37Cl2NO5S/c1-5-29(2,3)39(37,38)18-25(19-9-10-19)33-27(20-11-13-22(31)14-12-20)24(21-7-6-8-23(32)15-21)16-30(4,28(33)36)17-26(34)35/h6-8,11-15,19,24-25,27H,5,9-10,16-18H2,1-4H3,(H,34,35)/t24-,25?,27-,30-/m1/s1. The van der Waals surface area contributed by atoms with E-state index in [-0.39, 0.29) is 36.3 Å². The van der Waals surface area contributed by atoms with Crippen LogP contribution in [0.4, 0.5) is 0 Å². The second-order valence-electron chi connectivity index (χ2n) is 12.0. The summed E-state index contributed by atoms with van der Waals surface area (Å²) < 4.78 is 26.5. The lowest BCUT2D eigenvalue weighted by atomic mass is 9.67. The van der Waals surface area contributed by atoms with Crippen molar-refractivity contribution in [3.05, 3.63) is 69.7 Å². The molecule has 1 amide bonds. The van der Waals surface area contributed by atoms with Crippen LogP contribution in [0.3, 0.4) is 0 Å². The van der Waals surface area contributed by atoms with Crippen molar-refractivity contribution < 1.29 is 23.1 Å². The molecule has 1 aliphatic carbocycles. The highest BCUT2D eigenvalue weighted by molar-refractivity contribution is 7.92. The summed E-state index contributed by atoms with van der Waals surface area (Å²) in [5, 5.41) is 10.9. The zero-order chi connectivity index (χ0) is 28.8. The first-order chi connectivity index (χ1) is 18.2. The van der Waals surface area contributed by atoms with Crippen LogP contribution in [-0.2, 0) is 19.4 Å². The van der Waals surface area contributed by atoms with Gasteiger partial charge in [-0.3, -0.25) is 9.59 Å². The van der Waals surface area contributed by atoms with Crippen molar-refractivity contribution in [2.45, 2.75) is 82.5 Å². The maximum atomic E-state index is 14.5. The molecule has 1 aliphatic heterocycles. The molecule has 2 aromatic rings. The number of piperidine rings is 1. The molecule has 1 heterocycles. The lowest BCUT2D eigenvalue weighted by molar-refractivity contribution is -0.160. The van der Waals surface area contributed by atoms with Crippen LogP contribution in [0.2, 0.25) is 10.0 Å². The van der Waals surface area contributed by atoms with Gasteiger partial charge in [0.1, 0.15) is 0 Å². The molecule has 1 saturated carbocycles. The number of hydrogen-bond acceptors (Lipinski definition) is 4. The molecule has 6 nitrogen and oxygen atoms in total. The topological polar surface area (TPSA) is 91.8 Å². The molecule has 0 aromatic heterocycles. The number of likely N-dealkylation sites (tertiary alicyclic amines) is 1. The number of carbonyl (C=O) groups excluding carboxylic acids is 1. The third-order valence-electron chi connectivity index (χ3n) is 8.74. The van der Waals surface area contributed by atoms with Crippen LogP contribution < -0.4 is 0 Å². The zero-order valence-corrected chi connectivity index (χ0v) is 25.2. The number of aliphatic carboxylic acids is 1. The summed E-state index contributed by atoms with van der Waals surface area (Å²) in [6, 6.07) is 13.6. The number of halogens is 2. The Bertz CT molecular complexity index is 1340. The molecule has 1 unspecified atom stereocenters. The van der Waals surface area contributed by atoms with Crippen LogP contribution >= 0.6 is 23.2 Å². The van der Waals surface area contributed by atoms with Gasteiger partial charge in [-0.2, -0.15) is 0 Å². The fourth-order valence-corrected chi connectivity index (χ4v) is 7.94. The van der Waals surface area contributed by atoms with E-state index < -0.39 is 38.1 Å². The van der Waals surface area contributed by atoms with Crippen molar-refractivity contribution in [3.63, 3.8) is 0 Å². The Morgan fingerprint density at radius 2 is 1.74 bits per heavy atom. The molecular formula is C30H37Cl2NO5S. The maximum Gasteiger partial charge on any atom is 0.304 e. The molecule has 0 bridgehead atoms. The molecule has 212 valence electrons. The molecular weight excluding hydrogens is 557 g/mol. The average Bonchev–Trinajstić information content (AvgIpc) is 3.70. The third kappa shape index (κ3) is 6.15. The summed E-state index contributed by atoms with van der Waals surface area (Å²) in [6.07, 6.45) is 2.02. The zero-order valence-electron chi connectivity index (χ0n) is 22.9. The van der Waals surface area contributed by atoms with E-state index in [1.54, 1.807) is 43.9 Å². The Morgan fingerprint density at radius 3 is 2.28 bits per heavy atom. The minimum absolute atomic E-state index is 0.0263. The molecule has 9 heteroatoms. The first kappa shape index (κ1) is 29.9. The predicted molar refractivity (Wildman–Crippen MR) is 155 cm³/mol. The molecule has 39 heavy (non-hydrogen) atoms. The molecule has 1 saturated heterocycles. The summed E-state index contributed by atoms with van der Waals surface area (Å²) in [7, 11) is -3.60. The van der Waals surface area contributed by atoms with Crippen LogP contribution in [0.25, 0.3) is 0 Å². The Labute approximate surface area is 241 Å². The number of benzene rings is 2. The Hall–Kier alpha value is -2.09. The number of carboxylic acids is 1. The van der Waals surface area contributed by atoms with Gasteiger partial charge in [0, 0.05) is 22.0 Å². The van der Waals surface area contributed by atoms with Gasteiger partial charge in [-0.05, 0) is 80.8 Å². The molecule has 2 fully saturated rings. The van der Waals surface area contributed by atoms with Gasteiger partial charge in [0.2, 0.25) is 5.91 Å². The first-order valence-electron chi connectivity index (χ1n) is 13.5. The fourth-order valence-electron chi connectivity index (χ4n) is 5.84. The number of amides is 1. The minimum Gasteiger partial charge on any atom is -0.481 e. The van der Waals surface area contributed by atoms with Gasteiger partial charge in [-0.15, -0.1) is 0 Å². The van der Waals surface area contributed by atoms with E-state index in [0.717, 1.165) is 24.0 Å². The molecule has 0 radical (unpaired) electrons. The van der Waals surface area contributed by atoms with Gasteiger partial charge < -0.3 is 10.0 Å². The van der Waals surface area contributed by atoms with Crippen molar-refractivity contribution in [3.8, 4) is 0 Å². The number of carboxylic acid groups (broad SMARTS) is 1. The number of rotatable bonds is 10. The summed E-state index contributed by atoms with van der Waals surface area (Å²) in [4.78, 5) is 28.2. The maximum absolute atomic E-state index is 14.5. The van der Waals surface area contributed by atoms with Crippen molar-refractivity contribution in [2.75, 3.05) is 5.75 Å². The van der Waals surface area contributed by atoms with E-state index in [4.69, 9.17) is 23.2 Å². The smallest absolute Gasteiger partial charge is 0.304 e. The van der Waals surface area contributed by atoms with E-state index in [0.29, 0.717) is 16.5 Å². The largest absolute Gasteiger partial charge is 0.481 e. The summed E-state index contributed by atoms with van der Waals surface area (Å²) in [6.45, 7) is 7.00. The second kappa shape index (κ2) is 11.1. The van der Waals surface area contributed by atoms with Crippen molar-refractivity contribution >= 4 is 44.9 Å². The first-order valence-corrected chi connectivity index (χ1v) is 15.9. The highest BCUT2D eigenvalue weighted by Crippen LogP contribution is 2.54. The lowest BCUT2D eigenvalue weighted by Crippen LogP contribution is -2.58. The third-order valence-corrected chi connectivity index (χ3v) is 12.0. The highest BCUT2D eigenvalue weighted by atomic mass is 35.5. The van der Waals surface area contributed by atoms with Gasteiger partial charge >= 0.3 is 5.97 Å². The molecule has 1 N–H and O–H groups in total. The van der Waals surface area contributed by atoms with Crippen LogP contribution in [0.5, 0.6) is 0 Å². The minimum atomic E-state index is -3.60. The molecule has 4 rings (SSSR count). The van der Waals surface area contributed by atoms with Crippen LogP contribution in [0.1, 0.15) is 82.9 Å². The fraction of sp³-hybridized carbons (Fsp3) is 0.533. The predicted octanol–water partition coefficient (Wildman–Crippen LogP) is 6.91. The van der Waals surface area contributed by atoms with E-state index in [9.17, 15) is 23.1 Å². The second-order valence-corrected chi connectivity index (χ2v) is 15.5. The Kier molecular flexibility index (Phi) is 8.47. The van der Waals surface area contributed by atoms with Gasteiger partial charge in [0.15, 0.2) is 9.84 Å². The van der Waals surface area contributed by atoms with E-state index in [2.05, 4.69) is 0 Å². The van der Waals surface area contributed by atoms with Gasteiger partial charge in [0.05, 0.1) is 28.4 Å².